The summed E-state index contributed by atoms with van der Waals surface area (Å²) in [5.74, 6) is -0.791. The molecule has 0 aromatic carbocycles. The van der Waals surface area contributed by atoms with Crippen LogP contribution in [-0.2, 0) is 9.53 Å². The molecule has 18 heavy (non-hydrogen) atoms. The van der Waals surface area contributed by atoms with Crippen LogP contribution in [0.4, 0.5) is 4.79 Å². The van der Waals surface area contributed by atoms with Crippen LogP contribution in [0.2, 0.25) is 0 Å². The summed E-state index contributed by atoms with van der Waals surface area (Å²) in [4.78, 5) is 23.9. The predicted octanol–water partition coefficient (Wildman–Crippen LogP) is 1.06. The van der Waals surface area contributed by atoms with Crippen molar-refractivity contribution < 1.29 is 19.4 Å². The number of carbonyl (C=O) groups is 2. The number of hydrogen-bond donors (Lipinski definition) is 2. The molecule has 0 aliphatic carbocycles. The SMILES string of the molecule is CCC1CN(C(=O)NCCCCC(=O)O)CCO1. The van der Waals surface area contributed by atoms with Crippen molar-refractivity contribution in [3.63, 3.8) is 0 Å². The van der Waals surface area contributed by atoms with Crippen molar-refractivity contribution in [3.8, 4) is 0 Å². The number of hydrogen-bond acceptors (Lipinski definition) is 3. The molecule has 2 amide bonds. The molecular formula is C12H22N2O4. The number of carboxylic acid groups (broad SMARTS) is 1. The molecule has 0 spiro atoms. The van der Waals surface area contributed by atoms with E-state index in [-0.39, 0.29) is 18.6 Å². The third-order valence-electron chi connectivity index (χ3n) is 2.97. The Morgan fingerprint density at radius 3 is 2.89 bits per heavy atom. The maximum Gasteiger partial charge on any atom is 0.317 e. The van der Waals surface area contributed by atoms with Crippen LogP contribution in [0, 0.1) is 0 Å². The monoisotopic (exact) mass is 258 g/mol. The Kier molecular flexibility index (Phi) is 6.49. The number of urea groups is 1. The number of nitrogens with one attached hydrogen (secondary N) is 1. The molecule has 1 aliphatic rings. The first kappa shape index (κ1) is 14.8. The molecule has 0 saturated carbocycles. The lowest BCUT2D eigenvalue weighted by Crippen LogP contribution is -2.49. The van der Waals surface area contributed by atoms with Gasteiger partial charge >= 0.3 is 12.0 Å². The molecule has 0 radical (unpaired) electrons. The fourth-order valence-corrected chi connectivity index (χ4v) is 1.86. The number of amides is 2. The Morgan fingerprint density at radius 1 is 1.44 bits per heavy atom. The molecule has 1 fully saturated rings. The smallest absolute Gasteiger partial charge is 0.317 e. The van der Waals surface area contributed by atoms with Gasteiger partial charge in [-0.1, -0.05) is 6.92 Å². The van der Waals surface area contributed by atoms with Crippen molar-refractivity contribution in [2.24, 2.45) is 0 Å². The molecule has 1 atom stereocenters. The van der Waals surface area contributed by atoms with E-state index in [2.05, 4.69) is 5.32 Å². The van der Waals surface area contributed by atoms with E-state index in [9.17, 15) is 9.59 Å². The van der Waals surface area contributed by atoms with Crippen molar-refractivity contribution in [1.29, 1.82) is 0 Å². The minimum Gasteiger partial charge on any atom is -0.481 e. The molecule has 0 aromatic rings. The molecule has 1 unspecified atom stereocenters. The van der Waals surface area contributed by atoms with E-state index >= 15 is 0 Å². The van der Waals surface area contributed by atoms with Gasteiger partial charge in [-0.05, 0) is 19.3 Å². The van der Waals surface area contributed by atoms with Gasteiger partial charge in [0.25, 0.3) is 0 Å². The van der Waals surface area contributed by atoms with Crippen LogP contribution in [0.1, 0.15) is 32.6 Å². The first-order chi connectivity index (χ1) is 8.63. The molecule has 1 heterocycles. The Bertz CT molecular complexity index is 283. The number of rotatable bonds is 6. The van der Waals surface area contributed by atoms with Gasteiger partial charge in [-0.15, -0.1) is 0 Å². The summed E-state index contributed by atoms with van der Waals surface area (Å²) < 4.78 is 5.49. The van der Waals surface area contributed by atoms with E-state index in [0.29, 0.717) is 39.1 Å². The molecule has 1 rings (SSSR count). The fraction of sp³-hybridized carbons (Fsp3) is 0.833. The zero-order valence-electron chi connectivity index (χ0n) is 10.9. The van der Waals surface area contributed by atoms with Gasteiger partial charge in [-0.25, -0.2) is 4.79 Å². The second-order valence-corrected chi connectivity index (χ2v) is 4.43. The van der Waals surface area contributed by atoms with Crippen LogP contribution in [0.3, 0.4) is 0 Å². The number of carbonyl (C=O) groups excluding carboxylic acids is 1. The van der Waals surface area contributed by atoms with Crippen LogP contribution in [0.5, 0.6) is 0 Å². The van der Waals surface area contributed by atoms with Crippen LogP contribution in [0.25, 0.3) is 0 Å². The van der Waals surface area contributed by atoms with Gasteiger partial charge in [0, 0.05) is 26.1 Å². The first-order valence-electron chi connectivity index (χ1n) is 6.49. The van der Waals surface area contributed by atoms with Gasteiger partial charge in [0.1, 0.15) is 0 Å². The summed E-state index contributed by atoms with van der Waals surface area (Å²) in [6.45, 7) is 4.41. The van der Waals surface area contributed by atoms with E-state index in [1.807, 2.05) is 6.92 Å². The average Bonchev–Trinajstić information content (AvgIpc) is 2.37. The Hall–Kier alpha value is -1.30. The number of morpholine rings is 1. The van der Waals surface area contributed by atoms with Crippen molar-refractivity contribution in [3.05, 3.63) is 0 Å². The largest absolute Gasteiger partial charge is 0.481 e. The van der Waals surface area contributed by atoms with Crippen LogP contribution >= 0.6 is 0 Å². The highest BCUT2D eigenvalue weighted by Crippen LogP contribution is 2.08. The van der Waals surface area contributed by atoms with Crippen LogP contribution in [-0.4, -0.2) is 54.4 Å². The lowest BCUT2D eigenvalue weighted by Gasteiger charge is -2.32. The molecular weight excluding hydrogens is 236 g/mol. The van der Waals surface area contributed by atoms with E-state index in [1.54, 1.807) is 4.90 Å². The highest BCUT2D eigenvalue weighted by molar-refractivity contribution is 5.74. The lowest BCUT2D eigenvalue weighted by molar-refractivity contribution is -0.137. The van der Waals surface area contributed by atoms with E-state index in [1.165, 1.54) is 0 Å². The Balaban J connectivity index is 2.14. The normalized spacial score (nSPS) is 19.6. The topological polar surface area (TPSA) is 78.9 Å². The molecule has 1 aliphatic heterocycles. The van der Waals surface area contributed by atoms with E-state index in [0.717, 1.165) is 6.42 Å². The maximum atomic E-state index is 11.8. The number of unbranched alkanes of at least 4 members (excludes halogenated alkanes) is 1. The lowest BCUT2D eigenvalue weighted by atomic mass is 10.2. The standard InChI is InChI=1S/C12H22N2O4/c1-2-10-9-14(7-8-18-10)12(17)13-6-4-3-5-11(15)16/h10H,2-9H2,1H3,(H,13,17)(H,15,16). The number of nitrogens with zero attached hydrogens (tertiary/aromatic N) is 1. The molecule has 1 saturated heterocycles. The molecule has 6 heteroatoms. The molecule has 6 nitrogen and oxygen atoms in total. The highest BCUT2D eigenvalue weighted by Gasteiger charge is 2.22. The Morgan fingerprint density at radius 2 is 2.22 bits per heavy atom. The van der Waals surface area contributed by atoms with Crippen molar-refractivity contribution in [2.45, 2.75) is 38.7 Å². The summed E-state index contributed by atoms with van der Waals surface area (Å²) in [5.41, 5.74) is 0. The van der Waals surface area contributed by atoms with Gasteiger partial charge in [-0.2, -0.15) is 0 Å². The third-order valence-corrected chi connectivity index (χ3v) is 2.97. The number of aliphatic carboxylic acids is 1. The Labute approximate surface area is 107 Å². The van der Waals surface area contributed by atoms with Gasteiger partial charge in [-0.3, -0.25) is 4.79 Å². The van der Waals surface area contributed by atoms with Gasteiger partial charge in [0.15, 0.2) is 0 Å². The summed E-state index contributed by atoms with van der Waals surface area (Å²) in [7, 11) is 0. The number of carboxylic acids is 1. The minimum atomic E-state index is -0.791. The first-order valence-corrected chi connectivity index (χ1v) is 6.49. The summed E-state index contributed by atoms with van der Waals surface area (Å²) in [6, 6.07) is -0.0768. The van der Waals surface area contributed by atoms with Gasteiger partial charge in [0.05, 0.1) is 12.7 Å². The van der Waals surface area contributed by atoms with Crippen molar-refractivity contribution in [2.75, 3.05) is 26.2 Å². The quantitative estimate of drug-likeness (QED) is 0.698. The van der Waals surface area contributed by atoms with Crippen molar-refractivity contribution in [1.82, 2.24) is 10.2 Å². The van der Waals surface area contributed by atoms with Crippen LogP contribution < -0.4 is 5.32 Å². The fourth-order valence-electron chi connectivity index (χ4n) is 1.86. The maximum absolute atomic E-state index is 11.8. The van der Waals surface area contributed by atoms with E-state index in [4.69, 9.17) is 9.84 Å². The second kappa shape index (κ2) is 7.92. The summed E-state index contributed by atoms with van der Waals surface area (Å²) >= 11 is 0. The second-order valence-electron chi connectivity index (χ2n) is 4.43. The third kappa shape index (κ3) is 5.35. The number of ether oxygens (including phenoxy) is 1. The molecule has 104 valence electrons. The van der Waals surface area contributed by atoms with E-state index < -0.39 is 5.97 Å². The average molecular weight is 258 g/mol. The summed E-state index contributed by atoms with van der Waals surface area (Å²) in [6.07, 6.45) is 2.49. The molecule has 0 aromatic heterocycles. The minimum absolute atomic E-state index is 0.0768. The van der Waals surface area contributed by atoms with Gasteiger partial charge < -0.3 is 20.1 Å². The predicted molar refractivity (Wildman–Crippen MR) is 66.5 cm³/mol. The van der Waals surface area contributed by atoms with Crippen molar-refractivity contribution >= 4 is 12.0 Å². The zero-order chi connectivity index (χ0) is 13.4. The van der Waals surface area contributed by atoms with Gasteiger partial charge in [0.2, 0.25) is 0 Å². The van der Waals surface area contributed by atoms with Crippen LogP contribution in [0.15, 0.2) is 0 Å². The molecule has 0 bridgehead atoms. The summed E-state index contributed by atoms with van der Waals surface area (Å²) in [5, 5.41) is 11.3. The highest BCUT2D eigenvalue weighted by atomic mass is 16.5. The zero-order valence-corrected chi connectivity index (χ0v) is 10.9. The molecule has 2 N–H and O–H groups in total.